The highest BCUT2D eigenvalue weighted by Crippen LogP contribution is 2.09. The van der Waals surface area contributed by atoms with Crippen LogP contribution in [0.15, 0.2) is 54.7 Å². The summed E-state index contributed by atoms with van der Waals surface area (Å²) in [7, 11) is 0. The molecule has 0 radical (unpaired) electrons. The number of amides is 1. The van der Waals surface area contributed by atoms with Crippen molar-refractivity contribution < 1.29 is 4.79 Å². The van der Waals surface area contributed by atoms with Crippen molar-refractivity contribution in [2.24, 2.45) is 0 Å². The number of carbonyl (C=O) groups excluding carboxylic acids is 1. The molecule has 0 unspecified atom stereocenters. The molecule has 0 aliphatic rings. The highest BCUT2D eigenvalue weighted by molar-refractivity contribution is 7.80. The van der Waals surface area contributed by atoms with E-state index in [1.54, 1.807) is 18.2 Å². The second-order valence-electron chi connectivity index (χ2n) is 4.05. The van der Waals surface area contributed by atoms with Gasteiger partial charge in [-0.3, -0.25) is 10.1 Å². The van der Waals surface area contributed by atoms with Gasteiger partial charge in [0.25, 0.3) is 0 Å². The van der Waals surface area contributed by atoms with Gasteiger partial charge in [0.15, 0.2) is 5.11 Å². The molecule has 2 aromatic rings. The number of nitrogens with one attached hydrogen (secondary N) is 2. The second-order valence-corrected chi connectivity index (χ2v) is 4.89. The van der Waals surface area contributed by atoms with Gasteiger partial charge in [0.05, 0.1) is 5.02 Å². The largest absolute Gasteiger partial charge is 0.317 e. The third-order valence-electron chi connectivity index (χ3n) is 2.43. The SMILES string of the molecule is O=C(C=Cc1ccccc1)NC(=S)Nc1ccc(Cl)cn1. The number of benzene rings is 1. The highest BCUT2D eigenvalue weighted by atomic mass is 35.5. The van der Waals surface area contributed by atoms with Gasteiger partial charge in [0.2, 0.25) is 5.91 Å². The second kappa shape index (κ2) is 7.52. The minimum atomic E-state index is -0.315. The van der Waals surface area contributed by atoms with Crippen LogP contribution in [0.1, 0.15) is 5.56 Å². The molecule has 0 fully saturated rings. The summed E-state index contributed by atoms with van der Waals surface area (Å²) in [5.41, 5.74) is 0.936. The van der Waals surface area contributed by atoms with Crippen LogP contribution in [0, 0.1) is 0 Å². The van der Waals surface area contributed by atoms with Gasteiger partial charge in [-0.25, -0.2) is 4.98 Å². The molecular formula is C15H12ClN3OS. The van der Waals surface area contributed by atoms with Crippen molar-refractivity contribution in [1.29, 1.82) is 0 Å². The molecule has 0 atom stereocenters. The molecule has 0 aliphatic heterocycles. The van der Waals surface area contributed by atoms with Crippen LogP contribution < -0.4 is 10.6 Å². The number of pyridine rings is 1. The summed E-state index contributed by atoms with van der Waals surface area (Å²) in [6.45, 7) is 0. The molecule has 0 aliphatic carbocycles. The van der Waals surface area contributed by atoms with Gasteiger partial charge >= 0.3 is 0 Å². The number of hydrogen-bond acceptors (Lipinski definition) is 3. The average molecular weight is 318 g/mol. The van der Waals surface area contributed by atoms with Crippen molar-refractivity contribution in [1.82, 2.24) is 10.3 Å². The number of nitrogens with zero attached hydrogens (tertiary/aromatic N) is 1. The van der Waals surface area contributed by atoms with Crippen molar-refractivity contribution in [3.05, 3.63) is 65.3 Å². The molecule has 1 aromatic carbocycles. The molecule has 106 valence electrons. The van der Waals surface area contributed by atoms with E-state index >= 15 is 0 Å². The van der Waals surface area contributed by atoms with E-state index in [4.69, 9.17) is 23.8 Å². The maximum atomic E-state index is 11.7. The van der Waals surface area contributed by atoms with Crippen LogP contribution in [0.3, 0.4) is 0 Å². The highest BCUT2D eigenvalue weighted by Gasteiger charge is 2.02. The predicted molar refractivity (Wildman–Crippen MR) is 89.1 cm³/mol. The zero-order valence-electron chi connectivity index (χ0n) is 10.9. The maximum absolute atomic E-state index is 11.7. The molecule has 1 amide bonds. The van der Waals surface area contributed by atoms with Gasteiger partial charge in [-0.05, 0) is 36.0 Å². The van der Waals surface area contributed by atoms with Crippen molar-refractivity contribution in [2.45, 2.75) is 0 Å². The van der Waals surface area contributed by atoms with Gasteiger partial charge in [-0.15, -0.1) is 0 Å². The lowest BCUT2D eigenvalue weighted by molar-refractivity contribution is -0.115. The summed E-state index contributed by atoms with van der Waals surface area (Å²) < 4.78 is 0. The molecule has 0 bridgehead atoms. The Balaban J connectivity index is 1.86. The van der Waals surface area contributed by atoms with E-state index in [0.717, 1.165) is 5.56 Å². The third-order valence-corrected chi connectivity index (χ3v) is 2.86. The number of carbonyl (C=O) groups is 1. The first-order chi connectivity index (χ1) is 10.1. The van der Waals surface area contributed by atoms with Crippen molar-refractivity contribution in [3.8, 4) is 0 Å². The first-order valence-electron chi connectivity index (χ1n) is 6.10. The summed E-state index contributed by atoms with van der Waals surface area (Å²) in [4.78, 5) is 15.7. The smallest absolute Gasteiger partial charge is 0.250 e. The minimum Gasteiger partial charge on any atom is -0.317 e. The molecule has 1 aromatic heterocycles. The number of hydrogen-bond donors (Lipinski definition) is 2. The van der Waals surface area contributed by atoms with Gasteiger partial charge in [-0.2, -0.15) is 0 Å². The number of rotatable bonds is 3. The summed E-state index contributed by atoms with van der Waals surface area (Å²) >= 11 is 10.8. The van der Waals surface area contributed by atoms with Gasteiger partial charge in [0, 0.05) is 12.3 Å². The number of aromatic nitrogens is 1. The molecule has 1 heterocycles. The fourth-order valence-corrected chi connectivity index (χ4v) is 1.80. The van der Waals surface area contributed by atoms with Gasteiger partial charge in [-0.1, -0.05) is 41.9 Å². The first-order valence-corrected chi connectivity index (χ1v) is 6.89. The fraction of sp³-hybridized carbons (Fsp3) is 0. The zero-order valence-corrected chi connectivity index (χ0v) is 12.5. The topological polar surface area (TPSA) is 54.0 Å². The maximum Gasteiger partial charge on any atom is 0.250 e. The monoisotopic (exact) mass is 317 g/mol. The predicted octanol–water partition coefficient (Wildman–Crippen LogP) is 3.26. The summed E-state index contributed by atoms with van der Waals surface area (Å²) in [6, 6.07) is 12.9. The van der Waals surface area contributed by atoms with Crippen LogP contribution in [0.4, 0.5) is 5.82 Å². The van der Waals surface area contributed by atoms with Crippen LogP contribution in [-0.4, -0.2) is 16.0 Å². The van der Waals surface area contributed by atoms with Crippen LogP contribution in [0.2, 0.25) is 5.02 Å². The standard InChI is InChI=1S/C15H12ClN3OS/c16-12-7-8-13(17-10-12)18-15(21)19-14(20)9-6-11-4-2-1-3-5-11/h1-10H,(H2,17,18,19,20,21). The Morgan fingerprint density at radius 2 is 1.95 bits per heavy atom. The van der Waals surface area contributed by atoms with Crippen LogP contribution >= 0.6 is 23.8 Å². The van der Waals surface area contributed by atoms with E-state index in [1.165, 1.54) is 12.3 Å². The normalized spacial score (nSPS) is 10.3. The molecule has 2 rings (SSSR count). The Morgan fingerprint density at radius 3 is 2.62 bits per heavy atom. The zero-order chi connectivity index (χ0) is 15.1. The lowest BCUT2D eigenvalue weighted by atomic mass is 10.2. The molecule has 6 heteroatoms. The Kier molecular flexibility index (Phi) is 5.43. The lowest BCUT2D eigenvalue weighted by Gasteiger charge is -2.06. The summed E-state index contributed by atoms with van der Waals surface area (Å²) in [5, 5.41) is 6.03. The molecule has 0 spiro atoms. The third kappa shape index (κ3) is 5.33. The Bertz CT molecular complexity index is 656. The average Bonchev–Trinajstić information content (AvgIpc) is 2.48. The fourth-order valence-electron chi connectivity index (χ4n) is 1.49. The van der Waals surface area contributed by atoms with Crippen molar-refractivity contribution in [3.63, 3.8) is 0 Å². The van der Waals surface area contributed by atoms with Gasteiger partial charge in [0.1, 0.15) is 5.82 Å². The molecule has 4 nitrogen and oxygen atoms in total. The van der Waals surface area contributed by atoms with E-state index in [-0.39, 0.29) is 11.0 Å². The van der Waals surface area contributed by atoms with Crippen LogP contribution in [0.5, 0.6) is 0 Å². The molecule has 2 N–H and O–H groups in total. The molecule has 0 saturated heterocycles. The van der Waals surface area contributed by atoms with E-state index in [9.17, 15) is 4.79 Å². The summed E-state index contributed by atoms with van der Waals surface area (Å²) in [5.74, 6) is 0.196. The van der Waals surface area contributed by atoms with Crippen molar-refractivity contribution in [2.75, 3.05) is 5.32 Å². The number of anilines is 1. The Labute approximate surface area is 132 Å². The van der Waals surface area contributed by atoms with Gasteiger partial charge < -0.3 is 5.32 Å². The molecule has 21 heavy (non-hydrogen) atoms. The quantitative estimate of drug-likeness (QED) is 0.674. The Morgan fingerprint density at radius 1 is 1.19 bits per heavy atom. The van der Waals surface area contributed by atoms with Crippen LogP contribution in [0.25, 0.3) is 6.08 Å². The number of thiocarbonyl (C=S) groups is 1. The minimum absolute atomic E-state index is 0.174. The summed E-state index contributed by atoms with van der Waals surface area (Å²) in [6.07, 6.45) is 4.61. The van der Waals surface area contributed by atoms with E-state index in [0.29, 0.717) is 10.8 Å². The molecular weight excluding hydrogens is 306 g/mol. The Hall–Kier alpha value is -2.24. The van der Waals surface area contributed by atoms with Crippen LogP contribution in [-0.2, 0) is 4.79 Å². The van der Waals surface area contributed by atoms with E-state index in [2.05, 4.69) is 15.6 Å². The lowest BCUT2D eigenvalue weighted by Crippen LogP contribution is -2.33. The number of halogens is 1. The molecule has 0 saturated carbocycles. The van der Waals surface area contributed by atoms with E-state index < -0.39 is 0 Å². The van der Waals surface area contributed by atoms with Crippen molar-refractivity contribution >= 4 is 46.7 Å². The first kappa shape index (κ1) is 15.2. The van der Waals surface area contributed by atoms with E-state index in [1.807, 2.05) is 30.3 Å².